The highest BCUT2D eigenvalue weighted by Crippen LogP contribution is 2.29. The third kappa shape index (κ3) is 1.73. The summed E-state index contributed by atoms with van der Waals surface area (Å²) in [6.07, 6.45) is 2.31. The summed E-state index contributed by atoms with van der Waals surface area (Å²) in [5.41, 5.74) is 0. The zero-order chi connectivity index (χ0) is 9.26. The van der Waals surface area contributed by atoms with Crippen LogP contribution in [-0.2, 0) is 0 Å². The van der Waals surface area contributed by atoms with Gasteiger partial charge in [0.2, 0.25) is 0 Å². The second kappa shape index (κ2) is 3.47. The SMILES string of the molecule is O=C(O)c1ccc(C2CCCN2)s1. The zero-order valence-electron chi connectivity index (χ0n) is 7.12. The van der Waals surface area contributed by atoms with E-state index < -0.39 is 5.97 Å². The van der Waals surface area contributed by atoms with E-state index in [2.05, 4.69) is 5.32 Å². The minimum Gasteiger partial charge on any atom is -0.477 e. The summed E-state index contributed by atoms with van der Waals surface area (Å²) in [5, 5.41) is 12.1. The van der Waals surface area contributed by atoms with Crippen molar-refractivity contribution >= 4 is 17.3 Å². The van der Waals surface area contributed by atoms with Crippen molar-refractivity contribution in [3.05, 3.63) is 21.9 Å². The van der Waals surface area contributed by atoms with Crippen molar-refractivity contribution in [3.8, 4) is 0 Å². The fourth-order valence-electron chi connectivity index (χ4n) is 1.58. The largest absolute Gasteiger partial charge is 0.477 e. The Labute approximate surface area is 80.4 Å². The minimum absolute atomic E-state index is 0.387. The van der Waals surface area contributed by atoms with Gasteiger partial charge in [0.15, 0.2) is 0 Å². The predicted molar refractivity (Wildman–Crippen MR) is 51.3 cm³/mol. The van der Waals surface area contributed by atoms with E-state index in [1.165, 1.54) is 17.8 Å². The highest BCUT2D eigenvalue weighted by atomic mass is 32.1. The number of aromatic carboxylic acids is 1. The molecule has 70 valence electrons. The summed E-state index contributed by atoms with van der Waals surface area (Å²) in [6, 6.07) is 3.98. The average Bonchev–Trinajstić information content (AvgIpc) is 2.75. The first kappa shape index (κ1) is 8.72. The number of hydrogen-bond donors (Lipinski definition) is 2. The minimum atomic E-state index is -0.825. The molecule has 0 amide bonds. The zero-order valence-corrected chi connectivity index (χ0v) is 7.93. The first-order chi connectivity index (χ1) is 6.27. The van der Waals surface area contributed by atoms with Crippen LogP contribution in [0.15, 0.2) is 12.1 Å². The number of hydrogen-bond acceptors (Lipinski definition) is 3. The lowest BCUT2D eigenvalue weighted by Crippen LogP contribution is -2.11. The molecule has 1 fully saturated rings. The molecular formula is C9H11NO2S. The second-order valence-electron chi connectivity index (χ2n) is 3.16. The van der Waals surface area contributed by atoms with E-state index in [0.29, 0.717) is 10.9 Å². The van der Waals surface area contributed by atoms with E-state index in [1.54, 1.807) is 6.07 Å². The molecule has 1 unspecified atom stereocenters. The van der Waals surface area contributed by atoms with Gasteiger partial charge in [-0.2, -0.15) is 0 Å². The molecular weight excluding hydrogens is 186 g/mol. The van der Waals surface area contributed by atoms with Crippen molar-refractivity contribution in [1.82, 2.24) is 5.32 Å². The first-order valence-corrected chi connectivity index (χ1v) is 5.15. The van der Waals surface area contributed by atoms with Gasteiger partial charge in [-0.25, -0.2) is 4.79 Å². The predicted octanol–water partition coefficient (Wildman–Crippen LogP) is 1.87. The van der Waals surface area contributed by atoms with E-state index in [1.807, 2.05) is 6.07 Å². The number of thiophene rings is 1. The fraction of sp³-hybridized carbons (Fsp3) is 0.444. The number of rotatable bonds is 2. The van der Waals surface area contributed by atoms with Crippen LogP contribution in [0.1, 0.15) is 33.4 Å². The lowest BCUT2D eigenvalue weighted by molar-refractivity contribution is 0.0702. The summed E-state index contributed by atoms with van der Waals surface area (Å²) in [5.74, 6) is -0.825. The Morgan fingerprint density at radius 2 is 2.46 bits per heavy atom. The third-order valence-corrected chi connectivity index (χ3v) is 3.43. The van der Waals surface area contributed by atoms with Crippen LogP contribution in [0.25, 0.3) is 0 Å². The summed E-state index contributed by atoms with van der Waals surface area (Å²) in [4.78, 5) is 12.2. The molecule has 3 nitrogen and oxygen atoms in total. The van der Waals surface area contributed by atoms with E-state index in [-0.39, 0.29) is 0 Å². The van der Waals surface area contributed by atoms with E-state index >= 15 is 0 Å². The molecule has 0 bridgehead atoms. The highest BCUT2D eigenvalue weighted by molar-refractivity contribution is 7.14. The maximum atomic E-state index is 10.6. The standard InChI is InChI=1S/C9H11NO2S/c11-9(12)8-4-3-7(13-8)6-2-1-5-10-6/h3-4,6,10H,1-2,5H2,(H,11,12). The van der Waals surface area contributed by atoms with Crippen molar-refractivity contribution in [2.75, 3.05) is 6.54 Å². The Bertz CT molecular complexity index is 315. The van der Waals surface area contributed by atoms with Crippen LogP contribution in [0, 0.1) is 0 Å². The van der Waals surface area contributed by atoms with Crippen LogP contribution in [0.3, 0.4) is 0 Å². The second-order valence-corrected chi connectivity index (χ2v) is 4.27. The average molecular weight is 197 g/mol. The van der Waals surface area contributed by atoms with Crippen LogP contribution >= 0.6 is 11.3 Å². The molecule has 1 atom stereocenters. The highest BCUT2D eigenvalue weighted by Gasteiger charge is 2.18. The molecule has 0 radical (unpaired) electrons. The lowest BCUT2D eigenvalue weighted by atomic mass is 10.2. The molecule has 1 saturated heterocycles. The van der Waals surface area contributed by atoms with Crippen molar-refractivity contribution in [1.29, 1.82) is 0 Å². The monoisotopic (exact) mass is 197 g/mol. The Morgan fingerprint density at radius 1 is 1.62 bits per heavy atom. The van der Waals surface area contributed by atoms with Gasteiger partial charge in [-0.15, -0.1) is 11.3 Å². The van der Waals surface area contributed by atoms with Gasteiger partial charge in [0.1, 0.15) is 4.88 Å². The number of carboxylic acid groups (broad SMARTS) is 1. The lowest BCUT2D eigenvalue weighted by Gasteiger charge is -2.05. The van der Waals surface area contributed by atoms with Gasteiger partial charge >= 0.3 is 5.97 Å². The van der Waals surface area contributed by atoms with Crippen LogP contribution in [-0.4, -0.2) is 17.6 Å². The third-order valence-electron chi connectivity index (χ3n) is 2.24. The summed E-state index contributed by atoms with van der Waals surface area (Å²) < 4.78 is 0. The molecule has 2 N–H and O–H groups in total. The van der Waals surface area contributed by atoms with Gasteiger partial charge in [0.05, 0.1) is 0 Å². The van der Waals surface area contributed by atoms with Gasteiger partial charge in [0, 0.05) is 10.9 Å². The van der Waals surface area contributed by atoms with E-state index in [4.69, 9.17) is 5.11 Å². The van der Waals surface area contributed by atoms with Crippen molar-refractivity contribution in [2.45, 2.75) is 18.9 Å². The molecule has 2 rings (SSSR count). The molecule has 0 saturated carbocycles. The summed E-state index contributed by atoms with van der Waals surface area (Å²) in [7, 11) is 0. The van der Waals surface area contributed by atoms with E-state index in [0.717, 1.165) is 17.8 Å². The molecule has 4 heteroatoms. The summed E-state index contributed by atoms with van der Waals surface area (Å²) in [6.45, 7) is 1.05. The molecule has 13 heavy (non-hydrogen) atoms. The molecule has 2 heterocycles. The molecule has 1 aliphatic rings. The molecule has 1 aliphatic heterocycles. The maximum absolute atomic E-state index is 10.6. The first-order valence-electron chi connectivity index (χ1n) is 4.34. The van der Waals surface area contributed by atoms with Crippen LogP contribution < -0.4 is 5.32 Å². The van der Waals surface area contributed by atoms with Crippen molar-refractivity contribution in [3.63, 3.8) is 0 Å². The number of carbonyl (C=O) groups is 1. The normalized spacial score (nSPS) is 22.0. The summed E-state index contributed by atoms with van der Waals surface area (Å²) >= 11 is 1.38. The van der Waals surface area contributed by atoms with Gasteiger partial charge in [-0.05, 0) is 31.5 Å². The van der Waals surface area contributed by atoms with Crippen LogP contribution in [0.4, 0.5) is 0 Å². The smallest absolute Gasteiger partial charge is 0.345 e. The number of carboxylic acids is 1. The van der Waals surface area contributed by atoms with Gasteiger partial charge in [-0.3, -0.25) is 0 Å². The van der Waals surface area contributed by atoms with Crippen molar-refractivity contribution < 1.29 is 9.90 Å². The van der Waals surface area contributed by atoms with Crippen LogP contribution in [0.2, 0.25) is 0 Å². The van der Waals surface area contributed by atoms with Crippen molar-refractivity contribution in [2.24, 2.45) is 0 Å². The molecule has 0 spiro atoms. The Kier molecular flexibility index (Phi) is 2.33. The Balaban J connectivity index is 2.16. The van der Waals surface area contributed by atoms with Crippen LogP contribution in [0.5, 0.6) is 0 Å². The van der Waals surface area contributed by atoms with Gasteiger partial charge < -0.3 is 10.4 Å². The quantitative estimate of drug-likeness (QED) is 0.761. The Hall–Kier alpha value is -0.870. The molecule has 0 aromatic carbocycles. The molecule has 0 aliphatic carbocycles. The number of nitrogens with one attached hydrogen (secondary N) is 1. The van der Waals surface area contributed by atoms with Gasteiger partial charge in [-0.1, -0.05) is 0 Å². The maximum Gasteiger partial charge on any atom is 0.345 e. The topological polar surface area (TPSA) is 49.3 Å². The Morgan fingerprint density at radius 3 is 3.00 bits per heavy atom. The van der Waals surface area contributed by atoms with E-state index in [9.17, 15) is 4.79 Å². The molecule has 1 aromatic heterocycles. The molecule has 1 aromatic rings. The fourth-order valence-corrected chi connectivity index (χ4v) is 2.54. The van der Waals surface area contributed by atoms with Gasteiger partial charge in [0.25, 0.3) is 0 Å².